The van der Waals surface area contributed by atoms with Crippen LogP contribution in [-0.4, -0.2) is 6.04 Å². The van der Waals surface area contributed by atoms with Crippen molar-refractivity contribution >= 4 is 11.6 Å². The summed E-state index contributed by atoms with van der Waals surface area (Å²) in [5.74, 6) is 0. The van der Waals surface area contributed by atoms with Crippen molar-refractivity contribution in [2.45, 2.75) is 58.5 Å². The predicted molar refractivity (Wildman–Crippen MR) is 76.6 cm³/mol. The highest BCUT2D eigenvalue weighted by atomic mass is 35.5. The van der Waals surface area contributed by atoms with Crippen molar-refractivity contribution in [2.24, 2.45) is 0 Å². The summed E-state index contributed by atoms with van der Waals surface area (Å²) < 4.78 is 0. The summed E-state index contributed by atoms with van der Waals surface area (Å²) in [7, 11) is 0. The molecular weight excluding hydrogens is 230 g/mol. The summed E-state index contributed by atoms with van der Waals surface area (Å²) in [5, 5.41) is 4.47. The van der Waals surface area contributed by atoms with Crippen LogP contribution in [0.4, 0.5) is 0 Å². The average molecular weight is 254 g/mol. The van der Waals surface area contributed by atoms with Gasteiger partial charge in [0.15, 0.2) is 0 Å². The van der Waals surface area contributed by atoms with E-state index < -0.39 is 0 Å². The summed E-state index contributed by atoms with van der Waals surface area (Å²) in [5.41, 5.74) is 1.19. The molecule has 96 valence electrons. The molecule has 0 spiro atoms. The van der Waals surface area contributed by atoms with E-state index in [2.05, 4.69) is 32.2 Å². The summed E-state index contributed by atoms with van der Waals surface area (Å²) in [4.78, 5) is 0. The number of hydrogen-bond acceptors (Lipinski definition) is 1. The second-order valence-corrected chi connectivity index (χ2v) is 5.21. The van der Waals surface area contributed by atoms with Crippen molar-refractivity contribution in [3.8, 4) is 0 Å². The molecule has 1 aromatic carbocycles. The molecule has 0 radical (unpaired) electrons. The molecule has 0 aromatic heterocycles. The van der Waals surface area contributed by atoms with Crippen LogP contribution < -0.4 is 5.32 Å². The van der Waals surface area contributed by atoms with Gasteiger partial charge >= 0.3 is 0 Å². The van der Waals surface area contributed by atoms with Crippen molar-refractivity contribution in [1.82, 2.24) is 5.32 Å². The van der Waals surface area contributed by atoms with Crippen molar-refractivity contribution in [2.75, 3.05) is 0 Å². The second kappa shape index (κ2) is 7.73. The maximum atomic E-state index is 6.19. The van der Waals surface area contributed by atoms with E-state index in [-0.39, 0.29) is 0 Å². The Morgan fingerprint density at radius 2 is 1.88 bits per heavy atom. The fourth-order valence-corrected chi connectivity index (χ4v) is 2.43. The van der Waals surface area contributed by atoms with Crippen LogP contribution in [0.5, 0.6) is 0 Å². The lowest BCUT2D eigenvalue weighted by Gasteiger charge is -2.21. The molecule has 1 aromatic rings. The van der Waals surface area contributed by atoms with Gasteiger partial charge in [0.05, 0.1) is 0 Å². The van der Waals surface area contributed by atoms with Gasteiger partial charge in [-0.05, 0) is 31.9 Å². The van der Waals surface area contributed by atoms with Gasteiger partial charge in [-0.25, -0.2) is 0 Å². The Hall–Kier alpha value is -0.530. The van der Waals surface area contributed by atoms with Crippen LogP contribution >= 0.6 is 11.6 Å². The van der Waals surface area contributed by atoms with Gasteiger partial charge in [0.1, 0.15) is 0 Å². The lowest BCUT2D eigenvalue weighted by atomic mass is 10.1. The number of unbranched alkanes of at least 4 members (excludes halogenated alkanes) is 2. The van der Waals surface area contributed by atoms with Crippen molar-refractivity contribution in [3.63, 3.8) is 0 Å². The minimum Gasteiger partial charge on any atom is -0.308 e. The van der Waals surface area contributed by atoms with E-state index in [9.17, 15) is 0 Å². The summed E-state index contributed by atoms with van der Waals surface area (Å²) in [6.07, 6.45) is 5.15. The third-order valence-electron chi connectivity index (χ3n) is 3.15. The quantitative estimate of drug-likeness (QED) is 0.678. The zero-order valence-corrected chi connectivity index (χ0v) is 11.9. The molecule has 0 fully saturated rings. The SMILES string of the molecule is CCCCCC(C)NC(C)c1ccccc1Cl. The Balaban J connectivity index is 2.43. The Labute approximate surface area is 111 Å². The fourth-order valence-electron chi connectivity index (χ4n) is 2.13. The molecule has 2 heteroatoms. The van der Waals surface area contributed by atoms with Gasteiger partial charge in [-0.15, -0.1) is 0 Å². The molecule has 1 rings (SSSR count). The molecule has 1 nitrogen and oxygen atoms in total. The number of hydrogen-bond donors (Lipinski definition) is 1. The van der Waals surface area contributed by atoms with Crippen LogP contribution in [-0.2, 0) is 0 Å². The highest BCUT2D eigenvalue weighted by Crippen LogP contribution is 2.22. The number of halogens is 1. The van der Waals surface area contributed by atoms with Gasteiger partial charge in [-0.1, -0.05) is 56.0 Å². The maximum Gasteiger partial charge on any atom is 0.0453 e. The molecule has 0 heterocycles. The van der Waals surface area contributed by atoms with E-state index in [4.69, 9.17) is 11.6 Å². The van der Waals surface area contributed by atoms with Crippen LogP contribution in [0.3, 0.4) is 0 Å². The van der Waals surface area contributed by atoms with Gasteiger partial charge in [-0.2, -0.15) is 0 Å². The molecular formula is C15H24ClN. The standard InChI is InChI=1S/C15H24ClN/c1-4-5-6-9-12(2)17-13(3)14-10-7-8-11-15(14)16/h7-8,10-13,17H,4-6,9H2,1-3H3. The molecule has 0 aliphatic rings. The first-order chi connectivity index (χ1) is 8.15. The Kier molecular flexibility index (Phi) is 6.61. The largest absolute Gasteiger partial charge is 0.308 e. The molecule has 17 heavy (non-hydrogen) atoms. The maximum absolute atomic E-state index is 6.19. The topological polar surface area (TPSA) is 12.0 Å². The third kappa shape index (κ3) is 5.10. The van der Waals surface area contributed by atoms with Gasteiger partial charge in [0.25, 0.3) is 0 Å². The first kappa shape index (κ1) is 14.5. The summed E-state index contributed by atoms with van der Waals surface area (Å²) in [6.45, 7) is 6.67. The summed E-state index contributed by atoms with van der Waals surface area (Å²) in [6, 6.07) is 8.94. The van der Waals surface area contributed by atoms with Crippen LogP contribution in [0.2, 0.25) is 5.02 Å². The Morgan fingerprint density at radius 3 is 2.53 bits per heavy atom. The molecule has 0 bridgehead atoms. The van der Waals surface area contributed by atoms with E-state index >= 15 is 0 Å². The average Bonchev–Trinajstić information content (AvgIpc) is 2.29. The van der Waals surface area contributed by atoms with Gasteiger partial charge in [0.2, 0.25) is 0 Å². The van der Waals surface area contributed by atoms with E-state index in [1.165, 1.54) is 31.2 Å². The van der Waals surface area contributed by atoms with Crippen molar-refractivity contribution in [3.05, 3.63) is 34.9 Å². The normalized spacial score (nSPS) is 14.6. The lowest BCUT2D eigenvalue weighted by molar-refractivity contribution is 0.440. The third-order valence-corrected chi connectivity index (χ3v) is 3.49. The molecule has 2 atom stereocenters. The van der Waals surface area contributed by atoms with E-state index in [0.717, 1.165) is 5.02 Å². The monoisotopic (exact) mass is 253 g/mol. The minimum absolute atomic E-state index is 0.320. The van der Waals surface area contributed by atoms with E-state index in [1.54, 1.807) is 0 Å². The molecule has 1 N–H and O–H groups in total. The second-order valence-electron chi connectivity index (χ2n) is 4.81. The van der Waals surface area contributed by atoms with Gasteiger partial charge in [0, 0.05) is 17.1 Å². The van der Waals surface area contributed by atoms with Crippen LogP contribution in [0.1, 0.15) is 58.1 Å². The van der Waals surface area contributed by atoms with Crippen LogP contribution in [0.15, 0.2) is 24.3 Å². The zero-order valence-electron chi connectivity index (χ0n) is 11.2. The van der Waals surface area contributed by atoms with E-state index in [0.29, 0.717) is 12.1 Å². The summed E-state index contributed by atoms with van der Waals surface area (Å²) >= 11 is 6.19. The van der Waals surface area contributed by atoms with Gasteiger partial charge < -0.3 is 5.32 Å². The number of nitrogens with one attached hydrogen (secondary N) is 1. The first-order valence-electron chi connectivity index (χ1n) is 6.65. The molecule has 0 saturated heterocycles. The molecule has 2 unspecified atom stereocenters. The van der Waals surface area contributed by atoms with Gasteiger partial charge in [-0.3, -0.25) is 0 Å². The molecule has 0 amide bonds. The van der Waals surface area contributed by atoms with Crippen LogP contribution in [0.25, 0.3) is 0 Å². The first-order valence-corrected chi connectivity index (χ1v) is 7.03. The zero-order chi connectivity index (χ0) is 12.7. The molecule has 0 aliphatic carbocycles. The highest BCUT2D eigenvalue weighted by Gasteiger charge is 2.11. The minimum atomic E-state index is 0.320. The molecule has 0 saturated carbocycles. The molecule has 0 aliphatic heterocycles. The predicted octanol–water partition coefficient (Wildman–Crippen LogP) is 4.96. The smallest absolute Gasteiger partial charge is 0.0453 e. The van der Waals surface area contributed by atoms with Crippen LogP contribution in [0, 0.1) is 0 Å². The van der Waals surface area contributed by atoms with Crippen molar-refractivity contribution in [1.29, 1.82) is 0 Å². The lowest BCUT2D eigenvalue weighted by Crippen LogP contribution is -2.29. The number of benzene rings is 1. The Bertz CT molecular complexity index is 324. The Morgan fingerprint density at radius 1 is 1.18 bits per heavy atom. The van der Waals surface area contributed by atoms with E-state index in [1.807, 2.05) is 18.2 Å². The fraction of sp³-hybridized carbons (Fsp3) is 0.600. The highest BCUT2D eigenvalue weighted by molar-refractivity contribution is 6.31. The van der Waals surface area contributed by atoms with Crippen molar-refractivity contribution < 1.29 is 0 Å². The number of rotatable bonds is 7.